The van der Waals surface area contributed by atoms with Crippen molar-refractivity contribution in [3.05, 3.63) is 35.9 Å². The topological polar surface area (TPSA) is 92.4 Å². The van der Waals surface area contributed by atoms with E-state index in [2.05, 4.69) is 5.32 Å². The highest BCUT2D eigenvalue weighted by atomic mass is 35.5. The number of thioether (sulfide) groups is 1. The lowest BCUT2D eigenvalue weighted by Crippen LogP contribution is -2.49. The van der Waals surface area contributed by atoms with Gasteiger partial charge in [0, 0.05) is 0 Å². The molecule has 0 aliphatic heterocycles. The number of hydrogen-bond donors (Lipinski definition) is 3. The summed E-state index contributed by atoms with van der Waals surface area (Å²) in [5.41, 5.74) is 6.77. The van der Waals surface area contributed by atoms with E-state index >= 15 is 0 Å². The lowest BCUT2D eigenvalue weighted by Gasteiger charge is -2.17. The molecule has 1 rings (SSSR count). The summed E-state index contributed by atoms with van der Waals surface area (Å²) in [4.78, 5) is 23.0. The molecule has 2 unspecified atom stereocenters. The van der Waals surface area contributed by atoms with Crippen molar-refractivity contribution in [3.63, 3.8) is 0 Å². The first-order valence-corrected chi connectivity index (χ1v) is 7.75. The fourth-order valence-electron chi connectivity index (χ4n) is 1.73. The first-order valence-electron chi connectivity index (χ1n) is 6.36. The van der Waals surface area contributed by atoms with Gasteiger partial charge in [-0.1, -0.05) is 30.3 Å². The van der Waals surface area contributed by atoms with Crippen LogP contribution in [0.25, 0.3) is 0 Å². The lowest BCUT2D eigenvalue weighted by atomic mass is 10.1. The van der Waals surface area contributed by atoms with Gasteiger partial charge in [-0.25, -0.2) is 4.79 Å². The molecule has 0 spiro atoms. The Morgan fingerprint density at radius 1 is 1.33 bits per heavy atom. The maximum Gasteiger partial charge on any atom is 0.326 e. The highest BCUT2D eigenvalue weighted by Gasteiger charge is 2.22. The third-order valence-electron chi connectivity index (χ3n) is 2.86. The molecule has 1 amide bonds. The van der Waals surface area contributed by atoms with Gasteiger partial charge in [0.25, 0.3) is 0 Å². The minimum absolute atomic E-state index is 0. The van der Waals surface area contributed by atoms with E-state index in [1.807, 2.05) is 36.6 Å². The third-order valence-corrected chi connectivity index (χ3v) is 3.50. The Labute approximate surface area is 135 Å². The molecule has 0 heterocycles. The molecule has 7 heteroatoms. The first kappa shape index (κ1) is 19.8. The van der Waals surface area contributed by atoms with Crippen LogP contribution in [0, 0.1) is 0 Å². The number of carboxylic acid groups (broad SMARTS) is 1. The number of rotatable bonds is 8. The Bertz CT molecular complexity index is 445. The third kappa shape index (κ3) is 7.36. The number of hydrogen-bond acceptors (Lipinski definition) is 4. The molecule has 0 fully saturated rings. The molecule has 0 bridgehead atoms. The molecule has 0 aliphatic carbocycles. The largest absolute Gasteiger partial charge is 0.480 e. The molecular formula is C14H21ClN2O3S. The van der Waals surface area contributed by atoms with Crippen molar-refractivity contribution in [2.75, 3.05) is 12.0 Å². The highest BCUT2D eigenvalue weighted by molar-refractivity contribution is 7.98. The van der Waals surface area contributed by atoms with Gasteiger partial charge in [-0.05, 0) is 30.4 Å². The number of halogens is 1. The fourth-order valence-corrected chi connectivity index (χ4v) is 2.20. The minimum atomic E-state index is -1.03. The van der Waals surface area contributed by atoms with E-state index < -0.39 is 24.0 Å². The normalized spacial score (nSPS) is 12.9. The molecule has 4 N–H and O–H groups in total. The van der Waals surface area contributed by atoms with E-state index in [-0.39, 0.29) is 12.4 Å². The molecule has 21 heavy (non-hydrogen) atoms. The lowest BCUT2D eigenvalue weighted by molar-refractivity contribution is -0.142. The van der Waals surface area contributed by atoms with Gasteiger partial charge >= 0.3 is 5.97 Å². The number of carboxylic acids is 1. The van der Waals surface area contributed by atoms with E-state index in [1.165, 1.54) is 11.8 Å². The zero-order valence-electron chi connectivity index (χ0n) is 11.8. The number of nitrogens with one attached hydrogen (secondary N) is 1. The van der Waals surface area contributed by atoms with Crippen LogP contribution in [0.5, 0.6) is 0 Å². The Hall–Kier alpha value is -1.24. The Balaban J connectivity index is 0.00000400. The van der Waals surface area contributed by atoms with Crippen LogP contribution >= 0.6 is 24.2 Å². The van der Waals surface area contributed by atoms with Crippen molar-refractivity contribution in [2.45, 2.75) is 24.9 Å². The summed E-state index contributed by atoms with van der Waals surface area (Å²) < 4.78 is 0. The molecule has 0 saturated carbocycles. The number of aliphatic carboxylic acids is 1. The Morgan fingerprint density at radius 2 is 1.95 bits per heavy atom. The van der Waals surface area contributed by atoms with Crippen LogP contribution in [-0.4, -0.2) is 41.1 Å². The highest BCUT2D eigenvalue weighted by Crippen LogP contribution is 2.04. The van der Waals surface area contributed by atoms with Crippen molar-refractivity contribution < 1.29 is 14.7 Å². The number of amides is 1. The van der Waals surface area contributed by atoms with E-state index in [0.29, 0.717) is 18.6 Å². The Morgan fingerprint density at radius 3 is 2.48 bits per heavy atom. The molecule has 1 aromatic carbocycles. The van der Waals surface area contributed by atoms with Gasteiger partial charge in [-0.15, -0.1) is 12.4 Å². The van der Waals surface area contributed by atoms with Gasteiger partial charge in [0.1, 0.15) is 6.04 Å². The maximum atomic E-state index is 11.9. The van der Waals surface area contributed by atoms with E-state index in [0.717, 1.165) is 5.56 Å². The first-order chi connectivity index (χ1) is 9.54. The minimum Gasteiger partial charge on any atom is -0.480 e. The standard InChI is InChI=1S/C14H20N2O3S.ClH/c1-20-8-7-12(14(18)19)16-13(17)11(15)9-10-5-3-2-4-6-10;/h2-6,11-12H,7-9,15H2,1H3,(H,16,17)(H,18,19);1H. The van der Waals surface area contributed by atoms with E-state index in [9.17, 15) is 9.59 Å². The number of nitrogens with two attached hydrogens (primary N) is 1. The second kappa shape index (κ2) is 10.5. The molecular weight excluding hydrogens is 312 g/mol. The van der Waals surface area contributed by atoms with Gasteiger partial charge in [0.15, 0.2) is 0 Å². The molecule has 0 saturated heterocycles. The molecule has 1 aromatic rings. The second-order valence-corrected chi connectivity index (χ2v) is 5.46. The zero-order chi connectivity index (χ0) is 15.0. The van der Waals surface area contributed by atoms with Crippen LogP contribution in [0.3, 0.4) is 0 Å². The quantitative estimate of drug-likeness (QED) is 0.667. The summed E-state index contributed by atoms with van der Waals surface area (Å²) in [6.45, 7) is 0. The summed E-state index contributed by atoms with van der Waals surface area (Å²) in [5.74, 6) is -0.785. The number of carbonyl (C=O) groups is 2. The predicted molar refractivity (Wildman–Crippen MR) is 87.9 cm³/mol. The van der Waals surface area contributed by atoms with Crippen molar-refractivity contribution in [3.8, 4) is 0 Å². The van der Waals surface area contributed by atoms with Crippen LogP contribution in [0.4, 0.5) is 0 Å². The smallest absolute Gasteiger partial charge is 0.326 e. The van der Waals surface area contributed by atoms with Gasteiger partial charge in [0.05, 0.1) is 6.04 Å². The van der Waals surface area contributed by atoms with Crippen molar-refractivity contribution in [1.82, 2.24) is 5.32 Å². The van der Waals surface area contributed by atoms with Gasteiger partial charge < -0.3 is 16.2 Å². The SMILES string of the molecule is CSCCC(NC(=O)C(N)Cc1ccccc1)C(=O)O.Cl. The zero-order valence-corrected chi connectivity index (χ0v) is 13.5. The van der Waals surface area contributed by atoms with Crippen molar-refractivity contribution >= 4 is 36.0 Å². The summed E-state index contributed by atoms with van der Waals surface area (Å²) in [6.07, 6.45) is 2.67. The summed E-state index contributed by atoms with van der Waals surface area (Å²) >= 11 is 1.54. The summed E-state index contributed by atoms with van der Waals surface area (Å²) in [7, 11) is 0. The molecule has 5 nitrogen and oxygen atoms in total. The Kier molecular flexibility index (Phi) is 9.86. The van der Waals surface area contributed by atoms with Gasteiger partial charge in [0.2, 0.25) is 5.91 Å². The molecule has 0 aliphatic rings. The predicted octanol–water partition coefficient (Wildman–Crippen LogP) is 1.30. The van der Waals surface area contributed by atoms with Crippen molar-refractivity contribution in [1.29, 1.82) is 0 Å². The van der Waals surface area contributed by atoms with Gasteiger partial charge in [-0.2, -0.15) is 11.8 Å². The molecule has 118 valence electrons. The summed E-state index contributed by atoms with van der Waals surface area (Å²) in [5, 5.41) is 11.5. The average Bonchev–Trinajstić information content (AvgIpc) is 2.43. The summed E-state index contributed by atoms with van der Waals surface area (Å²) in [6, 6.07) is 7.78. The maximum absolute atomic E-state index is 11.9. The fraction of sp³-hybridized carbons (Fsp3) is 0.429. The molecule has 0 radical (unpaired) electrons. The second-order valence-electron chi connectivity index (χ2n) is 4.48. The van der Waals surface area contributed by atoms with Crippen LogP contribution < -0.4 is 11.1 Å². The van der Waals surface area contributed by atoms with Gasteiger partial charge in [-0.3, -0.25) is 4.79 Å². The van der Waals surface area contributed by atoms with Crippen LogP contribution in [-0.2, 0) is 16.0 Å². The molecule has 2 atom stereocenters. The van der Waals surface area contributed by atoms with Crippen LogP contribution in [0.2, 0.25) is 0 Å². The number of carbonyl (C=O) groups excluding carboxylic acids is 1. The molecule has 0 aromatic heterocycles. The monoisotopic (exact) mass is 332 g/mol. The number of benzene rings is 1. The van der Waals surface area contributed by atoms with E-state index in [4.69, 9.17) is 10.8 Å². The van der Waals surface area contributed by atoms with Crippen molar-refractivity contribution in [2.24, 2.45) is 5.73 Å². The van der Waals surface area contributed by atoms with Crippen LogP contribution in [0.15, 0.2) is 30.3 Å². The van der Waals surface area contributed by atoms with Crippen LogP contribution in [0.1, 0.15) is 12.0 Å². The average molecular weight is 333 g/mol. The van der Waals surface area contributed by atoms with E-state index in [1.54, 1.807) is 0 Å².